The Labute approximate surface area is 201 Å². The van der Waals surface area contributed by atoms with Gasteiger partial charge in [-0.3, -0.25) is 4.99 Å². The van der Waals surface area contributed by atoms with E-state index in [9.17, 15) is 13.2 Å². The van der Waals surface area contributed by atoms with Crippen LogP contribution < -0.4 is 15.5 Å². The van der Waals surface area contributed by atoms with Crippen molar-refractivity contribution in [2.75, 3.05) is 31.6 Å². The molecule has 1 aromatic carbocycles. The number of halogens is 5. The van der Waals surface area contributed by atoms with Gasteiger partial charge in [-0.15, -0.1) is 24.0 Å². The second kappa shape index (κ2) is 11.4. The summed E-state index contributed by atoms with van der Waals surface area (Å²) in [6.07, 6.45) is -1.77. The number of rotatable bonds is 3. The lowest BCUT2D eigenvalue weighted by Crippen LogP contribution is -2.44. The molecule has 1 aromatic heterocycles. The molecule has 2 heterocycles. The predicted molar refractivity (Wildman–Crippen MR) is 128 cm³/mol. The van der Waals surface area contributed by atoms with Gasteiger partial charge in [-0.1, -0.05) is 29.5 Å². The summed E-state index contributed by atoms with van der Waals surface area (Å²) in [6, 6.07) is 8.73. The minimum atomic E-state index is -4.38. The highest BCUT2D eigenvalue weighted by atomic mass is 127. The van der Waals surface area contributed by atoms with Crippen LogP contribution in [0.5, 0.6) is 0 Å². The van der Waals surface area contributed by atoms with Gasteiger partial charge >= 0.3 is 6.18 Å². The zero-order chi connectivity index (χ0) is 21.6. The van der Waals surface area contributed by atoms with Crippen LogP contribution in [0.15, 0.2) is 47.6 Å². The molecule has 0 amide bonds. The van der Waals surface area contributed by atoms with E-state index < -0.39 is 11.7 Å². The predicted octanol–water partition coefficient (Wildman–Crippen LogP) is 4.17. The minimum Gasteiger partial charge on any atom is -0.353 e. The van der Waals surface area contributed by atoms with Crippen molar-refractivity contribution in [2.24, 2.45) is 4.99 Å². The topological polar surface area (TPSA) is 52.6 Å². The van der Waals surface area contributed by atoms with E-state index in [0.717, 1.165) is 37.5 Å². The molecule has 0 saturated carbocycles. The molecule has 1 fully saturated rings. The quantitative estimate of drug-likeness (QED) is 0.255. The molecule has 2 aromatic rings. The van der Waals surface area contributed by atoms with Crippen molar-refractivity contribution < 1.29 is 13.2 Å². The van der Waals surface area contributed by atoms with Crippen molar-refractivity contribution in [3.05, 3.63) is 58.7 Å². The van der Waals surface area contributed by atoms with E-state index >= 15 is 0 Å². The highest BCUT2D eigenvalue weighted by molar-refractivity contribution is 14.0. The van der Waals surface area contributed by atoms with Crippen LogP contribution in [0.25, 0.3) is 0 Å². The van der Waals surface area contributed by atoms with E-state index in [-0.39, 0.29) is 36.6 Å². The van der Waals surface area contributed by atoms with Gasteiger partial charge in [0.2, 0.25) is 0 Å². The Morgan fingerprint density at radius 1 is 1.32 bits per heavy atom. The molecule has 0 bridgehead atoms. The highest BCUT2D eigenvalue weighted by Gasteiger charge is 2.30. The smallest absolute Gasteiger partial charge is 0.353 e. The summed E-state index contributed by atoms with van der Waals surface area (Å²) in [6.45, 7) is 1.80. The molecule has 166 valence electrons. The summed E-state index contributed by atoms with van der Waals surface area (Å²) >= 11 is 6.22. The van der Waals surface area contributed by atoms with Crippen LogP contribution in [-0.4, -0.2) is 43.7 Å². The molecule has 1 aliphatic rings. The van der Waals surface area contributed by atoms with Gasteiger partial charge in [0, 0.05) is 37.9 Å². The Balaban J connectivity index is 0.00000341. The summed E-state index contributed by atoms with van der Waals surface area (Å²) in [5.41, 5.74) is -0.397. The van der Waals surface area contributed by atoms with Crippen molar-refractivity contribution >= 4 is 47.4 Å². The number of nitrogens with zero attached hydrogens (tertiary/aromatic N) is 3. The van der Waals surface area contributed by atoms with Crippen molar-refractivity contribution in [2.45, 2.75) is 18.6 Å². The fourth-order valence-corrected chi connectivity index (χ4v) is 3.36. The first-order valence-corrected chi connectivity index (χ1v) is 9.73. The lowest BCUT2D eigenvalue weighted by molar-refractivity contribution is -0.137. The Morgan fingerprint density at radius 3 is 2.84 bits per heavy atom. The zero-order valence-electron chi connectivity index (χ0n) is 16.7. The molecule has 3 rings (SSSR count). The molecule has 0 radical (unpaired) electrons. The number of pyridine rings is 1. The normalized spacial score (nSPS) is 16.2. The van der Waals surface area contributed by atoms with Gasteiger partial charge in [0.25, 0.3) is 0 Å². The number of nitrogens with one attached hydrogen (secondary N) is 2. The molecular formula is C21H22ClF3IN5. The van der Waals surface area contributed by atoms with Gasteiger partial charge in [0.15, 0.2) is 5.96 Å². The van der Waals surface area contributed by atoms with Crippen molar-refractivity contribution in [1.29, 1.82) is 0 Å². The largest absolute Gasteiger partial charge is 0.416 e. The number of aromatic nitrogens is 1. The van der Waals surface area contributed by atoms with Gasteiger partial charge in [0.1, 0.15) is 5.82 Å². The van der Waals surface area contributed by atoms with Crippen LogP contribution in [0.3, 0.4) is 0 Å². The zero-order valence-corrected chi connectivity index (χ0v) is 19.8. The summed E-state index contributed by atoms with van der Waals surface area (Å²) in [5.74, 6) is 6.90. The molecule has 0 spiro atoms. The lowest BCUT2D eigenvalue weighted by Gasteiger charge is -2.20. The number of aliphatic imine (C=N–C) groups is 1. The van der Waals surface area contributed by atoms with E-state index in [4.69, 9.17) is 11.6 Å². The molecule has 1 aliphatic heterocycles. The van der Waals surface area contributed by atoms with Gasteiger partial charge in [-0.25, -0.2) is 4.98 Å². The van der Waals surface area contributed by atoms with Crippen LogP contribution >= 0.6 is 35.6 Å². The molecular weight excluding hydrogens is 542 g/mol. The fraction of sp³-hybridized carbons (Fsp3) is 0.333. The number of hydrogen-bond acceptors (Lipinski definition) is 3. The Morgan fingerprint density at radius 2 is 2.13 bits per heavy atom. The maximum atomic E-state index is 12.8. The number of benzene rings is 1. The van der Waals surface area contributed by atoms with Crippen molar-refractivity contribution in [3.63, 3.8) is 0 Å². The third-order valence-corrected chi connectivity index (χ3v) is 4.85. The second-order valence-corrected chi connectivity index (χ2v) is 7.10. The van der Waals surface area contributed by atoms with E-state index in [0.29, 0.717) is 16.5 Å². The van der Waals surface area contributed by atoms with Crippen molar-refractivity contribution in [3.8, 4) is 11.8 Å². The Bertz CT molecular complexity index is 971. The average Bonchev–Trinajstić information content (AvgIpc) is 3.18. The third-order valence-electron chi connectivity index (χ3n) is 4.56. The molecule has 1 unspecified atom stereocenters. The average molecular weight is 564 g/mol. The van der Waals surface area contributed by atoms with Gasteiger partial charge in [-0.2, -0.15) is 13.2 Å². The number of hydrogen-bond donors (Lipinski definition) is 2. The first kappa shape index (κ1) is 25.1. The Hall–Kier alpha value is -2.19. The Kier molecular flexibility index (Phi) is 9.25. The third kappa shape index (κ3) is 7.18. The molecule has 5 nitrogen and oxygen atoms in total. The van der Waals surface area contributed by atoms with Crippen LogP contribution in [0.1, 0.15) is 17.5 Å². The molecule has 1 saturated heterocycles. The molecule has 2 N–H and O–H groups in total. The van der Waals surface area contributed by atoms with Gasteiger partial charge in [-0.05, 0) is 36.8 Å². The van der Waals surface area contributed by atoms with Crippen LogP contribution in [0.4, 0.5) is 19.0 Å². The highest BCUT2D eigenvalue weighted by Crippen LogP contribution is 2.29. The maximum Gasteiger partial charge on any atom is 0.416 e. The maximum absolute atomic E-state index is 12.8. The van der Waals surface area contributed by atoms with E-state index in [1.54, 1.807) is 25.4 Å². The van der Waals surface area contributed by atoms with Crippen LogP contribution in [0, 0.1) is 11.8 Å². The number of alkyl halides is 3. The lowest BCUT2D eigenvalue weighted by atomic mass is 10.1. The summed E-state index contributed by atoms with van der Waals surface area (Å²) in [4.78, 5) is 10.6. The SMILES string of the molecule is CN=C(NCC#Cc1cccc(C(F)(F)F)c1)NC1CCN(c2ncccc2Cl)C1.I. The second-order valence-electron chi connectivity index (χ2n) is 6.69. The first-order valence-electron chi connectivity index (χ1n) is 9.35. The summed E-state index contributed by atoms with van der Waals surface area (Å²) in [7, 11) is 1.65. The fourth-order valence-electron chi connectivity index (χ4n) is 3.12. The molecule has 10 heteroatoms. The molecule has 0 aliphatic carbocycles. The van der Waals surface area contributed by atoms with E-state index in [2.05, 4.69) is 37.4 Å². The van der Waals surface area contributed by atoms with Crippen molar-refractivity contribution in [1.82, 2.24) is 15.6 Å². The number of anilines is 1. The minimum absolute atomic E-state index is 0. The van der Waals surface area contributed by atoms with Gasteiger partial charge in [0.05, 0.1) is 17.1 Å². The standard InChI is InChI=1S/C21H21ClF3N5.HI/c1-26-20(28-11-3-6-15-5-2-7-16(13-15)21(23,24)25)29-17-9-12-30(14-17)19-18(22)8-4-10-27-19;/h2,4-5,7-8,10,13,17H,9,11-12,14H2,1H3,(H2,26,28,29);1H. The summed E-state index contributed by atoms with van der Waals surface area (Å²) in [5, 5.41) is 7.00. The van der Waals surface area contributed by atoms with E-state index in [1.807, 2.05) is 6.07 Å². The summed E-state index contributed by atoms with van der Waals surface area (Å²) < 4.78 is 38.3. The monoisotopic (exact) mass is 563 g/mol. The van der Waals surface area contributed by atoms with Crippen LogP contribution in [0.2, 0.25) is 5.02 Å². The molecule has 31 heavy (non-hydrogen) atoms. The number of guanidine groups is 1. The molecule has 1 atom stereocenters. The van der Waals surface area contributed by atoms with E-state index in [1.165, 1.54) is 6.07 Å². The van der Waals surface area contributed by atoms with Crippen LogP contribution in [-0.2, 0) is 6.18 Å². The van der Waals surface area contributed by atoms with Gasteiger partial charge < -0.3 is 15.5 Å². The first-order chi connectivity index (χ1) is 14.4.